The summed E-state index contributed by atoms with van der Waals surface area (Å²) >= 11 is 1.29. The Bertz CT molecular complexity index is 513. The van der Waals surface area contributed by atoms with Crippen LogP contribution in [0.15, 0.2) is 30.5 Å². The van der Waals surface area contributed by atoms with Crippen LogP contribution in [0.1, 0.15) is 29.9 Å². The van der Waals surface area contributed by atoms with E-state index in [1.807, 2.05) is 24.3 Å². The van der Waals surface area contributed by atoms with E-state index in [9.17, 15) is 5.11 Å². The molecule has 0 amide bonds. The van der Waals surface area contributed by atoms with Gasteiger partial charge in [0.1, 0.15) is 11.9 Å². The second kappa shape index (κ2) is 5.84. The number of nitrogens with two attached hydrogens (primary N) is 1. The molecule has 1 heterocycles. The van der Waals surface area contributed by atoms with Gasteiger partial charge in [0.05, 0.1) is 11.5 Å². The van der Waals surface area contributed by atoms with Gasteiger partial charge < -0.3 is 15.6 Å². The molecule has 0 saturated heterocycles. The van der Waals surface area contributed by atoms with E-state index in [1.54, 1.807) is 6.20 Å². The van der Waals surface area contributed by atoms with Crippen LogP contribution in [0.3, 0.4) is 0 Å². The fourth-order valence-electron chi connectivity index (χ4n) is 1.59. The van der Waals surface area contributed by atoms with Crippen LogP contribution in [0.25, 0.3) is 0 Å². The summed E-state index contributed by atoms with van der Waals surface area (Å²) in [7, 11) is 0. The molecule has 2 rings (SSSR count). The van der Waals surface area contributed by atoms with Crippen molar-refractivity contribution in [2.45, 2.75) is 19.4 Å². The summed E-state index contributed by atoms with van der Waals surface area (Å²) in [5.74, 6) is 0.769. The number of nitrogen functional groups attached to an aromatic ring is 1. The van der Waals surface area contributed by atoms with Crippen molar-refractivity contribution in [2.24, 2.45) is 0 Å². The summed E-state index contributed by atoms with van der Waals surface area (Å²) in [6.45, 7) is 2.73. The third-order valence-corrected chi connectivity index (χ3v) is 3.34. The summed E-state index contributed by atoms with van der Waals surface area (Å²) in [5, 5.41) is 10.7. The topological polar surface area (TPSA) is 68.4 Å². The van der Waals surface area contributed by atoms with Crippen LogP contribution in [-0.4, -0.2) is 16.7 Å². The maximum absolute atomic E-state index is 10.2. The van der Waals surface area contributed by atoms with Gasteiger partial charge in [-0.25, -0.2) is 4.98 Å². The Morgan fingerprint density at radius 3 is 3.00 bits per heavy atom. The van der Waals surface area contributed by atoms with Gasteiger partial charge >= 0.3 is 0 Å². The molecule has 2 aromatic rings. The molecule has 4 nitrogen and oxygen atoms in total. The molecule has 96 valence electrons. The maximum Gasteiger partial charge on any atom is 0.180 e. The lowest BCUT2D eigenvalue weighted by molar-refractivity contribution is 0.223. The van der Waals surface area contributed by atoms with E-state index in [0.717, 1.165) is 22.6 Å². The molecule has 1 unspecified atom stereocenters. The Balaban J connectivity index is 2.17. The molecule has 0 saturated carbocycles. The Kier molecular flexibility index (Phi) is 4.17. The second-order valence-electron chi connectivity index (χ2n) is 3.92. The average molecular weight is 264 g/mol. The first-order valence-electron chi connectivity index (χ1n) is 5.82. The molecule has 3 N–H and O–H groups in total. The first kappa shape index (κ1) is 12.9. The van der Waals surface area contributed by atoms with E-state index in [-0.39, 0.29) is 0 Å². The van der Waals surface area contributed by atoms with Crippen LogP contribution < -0.4 is 10.5 Å². The fourth-order valence-corrected chi connectivity index (χ4v) is 2.29. The monoisotopic (exact) mass is 264 g/mol. The summed E-state index contributed by atoms with van der Waals surface area (Å²) in [4.78, 5) is 4.68. The van der Waals surface area contributed by atoms with E-state index in [0.29, 0.717) is 11.7 Å². The predicted molar refractivity (Wildman–Crippen MR) is 72.8 cm³/mol. The van der Waals surface area contributed by atoms with Crippen LogP contribution in [0.4, 0.5) is 5.13 Å². The highest BCUT2D eigenvalue weighted by Gasteiger charge is 2.14. The minimum absolute atomic E-state index is 0.461. The highest BCUT2D eigenvalue weighted by Crippen LogP contribution is 2.29. The van der Waals surface area contributed by atoms with Crippen LogP contribution in [0.5, 0.6) is 5.75 Å². The normalized spacial score (nSPS) is 12.3. The highest BCUT2D eigenvalue weighted by molar-refractivity contribution is 7.15. The standard InChI is InChI=1S/C13H16N2O2S/c1-2-6-17-10-5-3-4-9(7-10)12(16)11-8-15-13(14)18-11/h3-5,7-8,12,16H,2,6H2,1H3,(H2,14,15). The number of nitrogens with zero attached hydrogens (tertiary/aromatic N) is 1. The second-order valence-corrected chi connectivity index (χ2v) is 5.02. The molecule has 1 aromatic heterocycles. The molecule has 0 fully saturated rings. The quantitative estimate of drug-likeness (QED) is 0.871. The van der Waals surface area contributed by atoms with Crippen molar-refractivity contribution in [2.75, 3.05) is 12.3 Å². The lowest BCUT2D eigenvalue weighted by atomic mass is 10.1. The number of ether oxygens (including phenoxy) is 1. The number of aromatic nitrogens is 1. The summed E-state index contributed by atoms with van der Waals surface area (Å²) in [6.07, 6.45) is 1.85. The van der Waals surface area contributed by atoms with Gasteiger partial charge in [-0.15, -0.1) is 0 Å². The summed E-state index contributed by atoms with van der Waals surface area (Å²) < 4.78 is 5.54. The number of benzene rings is 1. The van der Waals surface area contributed by atoms with Crippen molar-refractivity contribution in [3.05, 3.63) is 40.9 Å². The Morgan fingerprint density at radius 2 is 2.33 bits per heavy atom. The van der Waals surface area contributed by atoms with E-state index >= 15 is 0 Å². The van der Waals surface area contributed by atoms with Gasteiger partial charge in [-0.05, 0) is 24.1 Å². The van der Waals surface area contributed by atoms with Gasteiger partial charge in [0.15, 0.2) is 5.13 Å². The highest BCUT2D eigenvalue weighted by atomic mass is 32.1. The molecule has 5 heteroatoms. The van der Waals surface area contributed by atoms with E-state index in [4.69, 9.17) is 10.5 Å². The smallest absolute Gasteiger partial charge is 0.180 e. The molecule has 1 aromatic carbocycles. The molecular weight excluding hydrogens is 248 g/mol. The Hall–Kier alpha value is -1.59. The summed E-state index contributed by atoms with van der Waals surface area (Å²) in [6, 6.07) is 7.45. The molecule has 0 aliphatic heterocycles. The van der Waals surface area contributed by atoms with Gasteiger partial charge in [0, 0.05) is 6.20 Å². The van der Waals surface area contributed by atoms with Crippen LogP contribution in [0.2, 0.25) is 0 Å². The molecule has 18 heavy (non-hydrogen) atoms. The third kappa shape index (κ3) is 3.00. The number of thiazole rings is 1. The van der Waals surface area contributed by atoms with Crippen molar-refractivity contribution >= 4 is 16.5 Å². The zero-order chi connectivity index (χ0) is 13.0. The predicted octanol–water partition coefficient (Wildman–Crippen LogP) is 2.60. The molecule has 1 atom stereocenters. The van der Waals surface area contributed by atoms with E-state index in [1.165, 1.54) is 11.3 Å². The SMILES string of the molecule is CCCOc1cccc(C(O)c2cnc(N)s2)c1. The lowest BCUT2D eigenvalue weighted by Gasteiger charge is -2.10. The van der Waals surface area contributed by atoms with Gasteiger partial charge in [-0.3, -0.25) is 0 Å². The number of aliphatic hydroxyl groups excluding tert-OH is 1. The van der Waals surface area contributed by atoms with Crippen molar-refractivity contribution in [3.63, 3.8) is 0 Å². The van der Waals surface area contributed by atoms with Crippen LogP contribution >= 0.6 is 11.3 Å². The number of anilines is 1. The van der Waals surface area contributed by atoms with Crippen LogP contribution in [0, 0.1) is 0 Å². The maximum atomic E-state index is 10.2. The van der Waals surface area contributed by atoms with Crippen molar-refractivity contribution < 1.29 is 9.84 Å². The van der Waals surface area contributed by atoms with Gasteiger partial charge in [0.25, 0.3) is 0 Å². The zero-order valence-corrected chi connectivity index (χ0v) is 11.0. The number of hydrogen-bond acceptors (Lipinski definition) is 5. The average Bonchev–Trinajstić information content (AvgIpc) is 2.82. The van der Waals surface area contributed by atoms with Crippen molar-refractivity contribution in [3.8, 4) is 5.75 Å². The third-order valence-electron chi connectivity index (χ3n) is 2.46. The summed E-state index contributed by atoms with van der Waals surface area (Å²) in [5.41, 5.74) is 6.35. The molecule has 0 radical (unpaired) electrons. The number of aliphatic hydroxyl groups is 1. The molecule has 0 aliphatic rings. The first-order chi connectivity index (χ1) is 8.70. The minimum Gasteiger partial charge on any atom is -0.494 e. The van der Waals surface area contributed by atoms with E-state index in [2.05, 4.69) is 11.9 Å². The minimum atomic E-state index is -0.704. The zero-order valence-electron chi connectivity index (χ0n) is 10.2. The Labute approximate surface area is 110 Å². The fraction of sp³-hybridized carbons (Fsp3) is 0.308. The van der Waals surface area contributed by atoms with Crippen LogP contribution in [-0.2, 0) is 0 Å². The Morgan fingerprint density at radius 1 is 1.50 bits per heavy atom. The number of hydrogen-bond donors (Lipinski definition) is 2. The van der Waals surface area contributed by atoms with Gasteiger partial charge in [-0.1, -0.05) is 30.4 Å². The first-order valence-corrected chi connectivity index (χ1v) is 6.64. The molecule has 0 aliphatic carbocycles. The van der Waals surface area contributed by atoms with Gasteiger partial charge in [-0.2, -0.15) is 0 Å². The molecule has 0 spiro atoms. The number of rotatable bonds is 5. The van der Waals surface area contributed by atoms with Gasteiger partial charge in [0.2, 0.25) is 0 Å². The largest absolute Gasteiger partial charge is 0.494 e. The van der Waals surface area contributed by atoms with E-state index < -0.39 is 6.10 Å². The van der Waals surface area contributed by atoms with Crippen molar-refractivity contribution in [1.82, 2.24) is 4.98 Å². The lowest BCUT2D eigenvalue weighted by Crippen LogP contribution is -1.99. The molecular formula is C13H16N2O2S. The molecule has 0 bridgehead atoms. The van der Waals surface area contributed by atoms with Crippen molar-refractivity contribution in [1.29, 1.82) is 0 Å².